The topological polar surface area (TPSA) is 65.7 Å². The average Bonchev–Trinajstić information content (AvgIpc) is 2.49. The first-order valence-corrected chi connectivity index (χ1v) is 6.75. The maximum atomic E-state index is 8.98. The Hall–Kier alpha value is -1.61. The van der Waals surface area contributed by atoms with Gasteiger partial charge in [-0.15, -0.1) is 0 Å². The van der Waals surface area contributed by atoms with Crippen molar-refractivity contribution in [2.75, 3.05) is 46.6 Å². The van der Waals surface area contributed by atoms with Crippen molar-refractivity contribution in [2.45, 2.75) is 6.42 Å². The van der Waals surface area contributed by atoms with Gasteiger partial charge in [0.1, 0.15) is 5.75 Å². The first-order chi connectivity index (χ1) is 9.80. The Morgan fingerprint density at radius 1 is 1.25 bits per heavy atom. The minimum absolute atomic E-state index is 0.148. The number of hydrogen-bond donors (Lipinski definition) is 1. The highest BCUT2D eigenvalue weighted by atomic mass is 16.5. The lowest BCUT2D eigenvalue weighted by atomic mass is 10.2. The Morgan fingerprint density at radius 2 is 2.10 bits per heavy atom. The molecule has 0 saturated carbocycles. The van der Waals surface area contributed by atoms with Crippen LogP contribution in [0.25, 0.3) is 0 Å². The van der Waals surface area contributed by atoms with E-state index in [2.05, 4.69) is 11.0 Å². The third-order valence-corrected chi connectivity index (χ3v) is 2.88. The molecule has 0 bridgehead atoms. The van der Waals surface area contributed by atoms with Crippen LogP contribution in [0.4, 0.5) is 0 Å². The molecule has 0 aliphatic rings. The molecule has 1 rings (SSSR count). The molecule has 0 aliphatic heterocycles. The zero-order chi connectivity index (χ0) is 14.6. The van der Waals surface area contributed by atoms with Crippen molar-refractivity contribution < 1.29 is 14.6 Å². The van der Waals surface area contributed by atoms with E-state index in [1.165, 1.54) is 0 Å². The first kappa shape index (κ1) is 16.4. The van der Waals surface area contributed by atoms with E-state index in [1.807, 2.05) is 12.1 Å². The van der Waals surface area contributed by atoms with Crippen LogP contribution in [0, 0.1) is 11.3 Å². The summed E-state index contributed by atoms with van der Waals surface area (Å²) in [6.45, 7) is 3.69. The molecule has 5 nitrogen and oxygen atoms in total. The monoisotopic (exact) mass is 278 g/mol. The maximum absolute atomic E-state index is 8.98. The van der Waals surface area contributed by atoms with Crippen LogP contribution in [0.1, 0.15) is 12.0 Å². The van der Waals surface area contributed by atoms with E-state index in [4.69, 9.17) is 19.8 Å². The van der Waals surface area contributed by atoms with Crippen molar-refractivity contribution in [1.82, 2.24) is 4.90 Å². The van der Waals surface area contributed by atoms with Gasteiger partial charge in [-0.1, -0.05) is 6.07 Å². The van der Waals surface area contributed by atoms with Crippen molar-refractivity contribution in [3.8, 4) is 11.8 Å². The minimum Gasteiger partial charge on any atom is -0.494 e. The smallest absolute Gasteiger partial charge is 0.120 e. The van der Waals surface area contributed by atoms with E-state index < -0.39 is 0 Å². The van der Waals surface area contributed by atoms with E-state index in [9.17, 15) is 0 Å². The Bertz CT molecular complexity index is 418. The highest BCUT2D eigenvalue weighted by Gasteiger charge is 2.04. The van der Waals surface area contributed by atoms with Gasteiger partial charge in [0.15, 0.2) is 0 Å². The van der Waals surface area contributed by atoms with Crippen LogP contribution in [-0.2, 0) is 4.74 Å². The lowest BCUT2D eigenvalue weighted by Gasteiger charge is -2.20. The zero-order valence-corrected chi connectivity index (χ0v) is 11.9. The molecule has 0 spiro atoms. The van der Waals surface area contributed by atoms with Gasteiger partial charge >= 0.3 is 0 Å². The van der Waals surface area contributed by atoms with E-state index in [1.54, 1.807) is 19.2 Å². The van der Waals surface area contributed by atoms with Gasteiger partial charge in [-0.2, -0.15) is 5.26 Å². The number of nitriles is 1. The molecule has 0 aromatic heterocycles. The molecule has 0 unspecified atom stereocenters. The van der Waals surface area contributed by atoms with Crippen LogP contribution < -0.4 is 4.74 Å². The van der Waals surface area contributed by atoms with Crippen LogP contribution >= 0.6 is 0 Å². The zero-order valence-electron chi connectivity index (χ0n) is 11.9. The summed E-state index contributed by atoms with van der Waals surface area (Å²) in [5.41, 5.74) is 0.601. The van der Waals surface area contributed by atoms with E-state index in [-0.39, 0.29) is 6.61 Å². The molecule has 1 aromatic carbocycles. The molecule has 0 heterocycles. The second-order valence-electron chi connectivity index (χ2n) is 4.40. The third-order valence-electron chi connectivity index (χ3n) is 2.88. The molecular weight excluding hydrogens is 256 g/mol. The molecule has 1 aromatic rings. The van der Waals surface area contributed by atoms with Crippen LogP contribution in [0.2, 0.25) is 0 Å². The highest BCUT2D eigenvalue weighted by molar-refractivity contribution is 5.36. The predicted octanol–water partition coefficient (Wildman–Crippen LogP) is 1.27. The molecule has 1 N–H and O–H groups in total. The SMILES string of the molecule is COCCN(CCO)CCCOc1cccc(C#N)c1. The number of methoxy groups -OCH3 is 1. The van der Waals surface area contributed by atoms with Gasteiger partial charge in [0, 0.05) is 26.7 Å². The van der Waals surface area contributed by atoms with Crippen molar-refractivity contribution in [3.05, 3.63) is 29.8 Å². The third kappa shape index (κ3) is 6.53. The summed E-state index contributed by atoms with van der Waals surface area (Å²) in [6.07, 6.45) is 0.862. The summed E-state index contributed by atoms with van der Waals surface area (Å²) < 4.78 is 10.6. The molecular formula is C15H22N2O3. The Labute approximate surface area is 120 Å². The van der Waals surface area contributed by atoms with Gasteiger partial charge in [-0.3, -0.25) is 4.90 Å². The minimum atomic E-state index is 0.148. The van der Waals surface area contributed by atoms with Crippen molar-refractivity contribution >= 4 is 0 Å². The van der Waals surface area contributed by atoms with Crippen LogP contribution in [-0.4, -0.2) is 56.6 Å². The van der Waals surface area contributed by atoms with Crippen LogP contribution in [0.5, 0.6) is 5.75 Å². The number of hydrogen-bond acceptors (Lipinski definition) is 5. The Kier molecular flexibility index (Phi) is 8.40. The van der Waals surface area contributed by atoms with E-state index >= 15 is 0 Å². The van der Waals surface area contributed by atoms with E-state index in [0.29, 0.717) is 25.3 Å². The van der Waals surface area contributed by atoms with Gasteiger partial charge in [-0.05, 0) is 24.6 Å². The first-order valence-electron chi connectivity index (χ1n) is 6.75. The van der Waals surface area contributed by atoms with Gasteiger partial charge in [-0.25, -0.2) is 0 Å². The normalized spacial score (nSPS) is 10.5. The predicted molar refractivity (Wildman–Crippen MR) is 76.7 cm³/mol. The van der Waals surface area contributed by atoms with Crippen molar-refractivity contribution in [3.63, 3.8) is 0 Å². The number of nitrogens with zero attached hydrogens (tertiary/aromatic N) is 2. The summed E-state index contributed by atoms with van der Waals surface area (Å²) in [5, 5.41) is 17.8. The van der Waals surface area contributed by atoms with E-state index in [0.717, 1.165) is 25.3 Å². The summed E-state index contributed by atoms with van der Waals surface area (Å²) in [6, 6.07) is 9.22. The molecule has 0 atom stereocenters. The molecule has 20 heavy (non-hydrogen) atoms. The maximum Gasteiger partial charge on any atom is 0.120 e. The highest BCUT2D eigenvalue weighted by Crippen LogP contribution is 2.12. The Morgan fingerprint density at radius 3 is 2.80 bits per heavy atom. The van der Waals surface area contributed by atoms with Gasteiger partial charge in [0.2, 0.25) is 0 Å². The number of benzene rings is 1. The van der Waals surface area contributed by atoms with Crippen LogP contribution in [0.15, 0.2) is 24.3 Å². The lowest BCUT2D eigenvalue weighted by molar-refractivity contribution is 0.126. The number of aliphatic hydroxyl groups is 1. The van der Waals surface area contributed by atoms with Crippen molar-refractivity contribution in [2.24, 2.45) is 0 Å². The van der Waals surface area contributed by atoms with Crippen LogP contribution in [0.3, 0.4) is 0 Å². The second-order valence-corrected chi connectivity index (χ2v) is 4.40. The lowest BCUT2D eigenvalue weighted by Crippen LogP contribution is -2.32. The molecule has 0 radical (unpaired) electrons. The largest absolute Gasteiger partial charge is 0.494 e. The number of ether oxygens (including phenoxy) is 2. The summed E-state index contributed by atoms with van der Waals surface area (Å²) in [4.78, 5) is 2.14. The fourth-order valence-corrected chi connectivity index (χ4v) is 1.83. The molecule has 110 valence electrons. The molecule has 5 heteroatoms. The molecule has 0 fully saturated rings. The standard InChI is InChI=1S/C15H22N2O3/c1-19-11-8-17(7-9-18)6-3-10-20-15-5-2-4-14(12-15)13-16/h2,4-5,12,18H,3,6-11H2,1H3. The van der Waals surface area contributed by atoms with Gasteiger partial charge < -0.3 is 14.6 Å². The Balaban J connectivity index is 2.26. The number of aliphatic hydroxyl groups excluding tert-OH is 1. The number of rotatable bonds is 10. The molecule has 0 aliphatic carbocycles. The molecule has 0 saturated heterocycles. The van der Waals surface area contributed by atoms with Gasteiger partial charge in [0.25, 0.3) is 0 Å². The average molecular weight is 278 g/mol. The summed E-state index contributed by atoms with van der Waals surface area (Å²) in [5.74, 6) is 0.717. The fourth-order valence-electron chi connectivity index (χ4n) is 1.83. The fraction of sp³-hybridized carbons (Fsp3) is 0.533. The summed E-state index contributed by atoms with van der Waals surface area (Å²) >= 11 is 0. The second kappa shape index (κ2) is 10.2. The summed E-state index contributed by atoms with van der Waals surface area (Å²) in [7, 11) is 1.67. The van der Waals surface area contributed by atoms with Crippen molar-refractivity contribution in [1.29, 1.82) is 5.26 Å². The van der Waals surface area contributed by atoms with Gasteiger partial charge in [0.05, 0.1) is 31.5 Å². The quantitative estimate of drug-likeness (QED) is 0.653. The molecule has 0 amide bonds.